The van der Waals surface area contributed by atoms with Crippen LogP contribution in [0.2, 0.25) is 0 Å². The molecule has 0 aromatic carbocycles. The van der Waals surface area contributed by atoms with E-state index in [4.69, 9.17) is 0 Å². The molecule has 0 amide bonds. The van der Waals surface area contributed by atoms with E-state index in [0.717, 1.165) is 0 Å². The number of hydrogen-bond acceptors (Lipinski definition) is 5. The second-order valence-electron chi connectivity index (χ2n) is 3.18. The molecule has 0 bridgehead atoms. The largest absolute Gasteiger partial charge is 1.00 e. The van der Waals surface area contributed by atoms with Gasteiger partial charge in [0, 0.05) is 18.3 Å². The second kappa shape index (κ2) is 6.36. The van der Waals surface area contributed by atoms with Gasteiger partial charge in [-0.15, -0.1) is 5.10 Å². The smallest absolute Gasteiger partial charge is 0.545 e. The van der Waals surface area contributed by atoms with Gasteiger partial charge in [0.15, 0.2) is 0 Å². The molecular weight excluding hydrogens is 247 g/mol. The molecule has 0 fully saturated rings. The summed E-state index contributed by atoms with van der Waals surface area (Å²) in [5.41, 5.74) is 1.10. The van der Waals surface area contributed by atoms with Gasteiger partial charge < -0.3 is 9.90 Å². The third-order valence-corrected chi connectivity index (χ3v) is 2.12. The molecule has 0 unspecified atom stereocenters. The molecule has 0 atom stereocenters. The fraction of sp³-hybridized carbons (Fsp3) is 0.200. The van der Waals surface area contributed by atoms with E-state index in [-0.39, 0.29) is 56.9 Å². The Morgan fingerprint density at radius 2 is 2.24 bits per heavy atom. The Labute approximate surface area is 140 Å². The van der Waals surface area contributed by atoms with Crippen LogP contribution in [0.1, 0.15) is 17.3 Å². The van der Waals surface area contributed by atoms with Gasteiger partial charge in [-0.3, -0.25) is 9.67 Å². The first kappa shape index (κ1) is 14.5. The molecule has 2 heterocycles. The van der Waals surface area contributed by atoms with Gasteiger partial charge in [-0.1, -0.05) is 5.21 Å². The first-order chi connectivity index (χ1) is 7.70. The number of carboxylic acids is 1. The van der Waals surface area contributed by atoms with Crippen molar-refractivity contribution >= 4 is 5.97 Å². The fourth-order valence-corrected chi connectivity index (χ4v) is 1.27. The van der Waals surface area contributed by atoms with Crippen LogP contribution in [0, 0.1) is 0 Å². The van der Waals surface area contributed by atoms with Crippen LogP contribution in [0.5, 0.6) is 0 Å². The van der Waals surface area contributed by atoms with Crippen LogP contribution in [0.3, 0.4) is 0 Å². The van der Waals surface area contributed by atoms with Gasteiger partial charge in [-0.2, -0.15) is 0 Å². The molecule has 0 N–H and O–H groups in total. The third kappa shape index (κ3) is 3.43. The summed E-state index contributed by atoms with van der Waals surface area (Å²) in [6.07, 6.45) is 3.12. The molecule has 2 rings (SSSR count). The Balaban J connectivity index is 0.00000144. The van der Waals surface area contributed by atoms with E-state index in [2.05, 4.69) is 15.3 Å². The summed E-state index contributed by atoms with van der Waals surface area (Å²) in [6, 6.07) is 2.79. The van der Waals surface area contributed by atoms with Gasteiger partial charge in [0.2, 0.25) is 0 Å². The van der Waals surface area contributed by atoms with Crippen LogP contribution in [-0.4, -0.2) is 25.9 Å². The van der Waals surface area contributed by atoms with Crippen molar-refractivity contribution in [1.29, 1.82) is 0 Å². The van der Waals surface area contributed by atoms with E-state index in [1.165, 1.54) is 18.3 Å². The molecule has 0 saturated heterocycles. The predicted octanol–water partition coefficient (Wildman–Crippen LogP) is -3.27. The van der Waals surface area contributed by atoms with Crippen molar-refractivity contribution in [3.05, 3.63) is 30.1 Å². The SMILES string of the molecule is CCn1cc(-c2cc(C(=O)[O-])ccn2)nn1.[K+]. The number of aryl methyl sites for hydroxylation is 1. The average molecular weight is 256 g/mol. The molecule has 0 saturated carbocycles. The van der Waals surface area contributed by atoms with Crippen LogP contribution < -0.4 is 56.5 Å². The number of nitrogens with zero attached hydrogens (tertiary/aromatic N) is 4. The number of pyridine rings is 1. The minimum absolute atomic E-state index is 0. The van der Waals surface area contributed by atoms with Crippen molar-refractivity contribution in [1.82, 2.24) is 20.0 Å². The molecule has 0 aliphatic heterocycles. The predicted molar refractivity (Wildman–Crippen MR) is 53.3 cm³/mol. The zero-order valence-electron chi connectivity index (χ0n) is 9.62. The standard InChI is InChI=1S/C10H10N4O2.K/c1-2-14-6-9(12-13-14)8-5-7(10(15)16)3-4-11-8;/h3-6H,2H2,1H3,(H,15,16);/q;+1/p-1. The third-order valence-electron chi connectivity index (χ3n) is 2.12. The van der Waals surface area contributed by atoms with Gasteiger partial charge in [0.1, 0.15) is 5.69 Å². The van der Waals surface area contributed by atoms with Crippen molar-refractivity contribution < 1.29 is 61.3 Å². The summed E-state index contributed by atoms with van der Waals surface area (Å²) < 4.78 is 1.64. The summed E-state index contributed by atoms with van der Waals surface area (Å²) in [4.78, 5) is 14.7. The van der Waals surface area contributed by atoms with Gasteiger partial charge in [-0.05, 0) is 19.1 Å². The van der Waals surface area contributed by atoms with E-state index in [0.29, 0.717) is 17.9 Å². The topological polar surface area (TPSA) is 83.7 Å². The Morgan fingerprint density at radius 3 is 2.82 bits per heavy atom. The normalized spacial score (nSPS) is 9.71. The number of rotatable bonds is 3. The van der Waals surface area contributed by atoms with Crippen molar-refractivity contribution in [2.75, 3.05) is 0 Å². The maximum absolute atomic E-state index is 10.7. The van der Waals surface area contributed by atoms with Crippen LogP contribution in [-0.2, 0) is 6.54 Å². The van der Waals surface area contributed by atoms with Gasteiger partial charge in [0.25, 0.3) is 0 Å². The summed E-state index contributed by atoms with van der Waals surface area (Å²) in [6.45, 7) is 2.64. The number of carbonyl (C=O) groups excluding carboxylic acids is 1. The molecular formula is C10H9KN4O2. The second-order valence-corrected chi connectivity index (χ2v) is 3.18. The maximum atomic E-state index is 10.7. The zero-order chi connectivity index (χ0) is 11.5. The van der Waals surface area contributed by atoms with Crippen LogP contribution in [0.15, 0.2) is 24.5 Å². The Hall–Kier alpha value is -0.604. The number of hydrogen-bond donors (Lipinski definition) is 0. The minimum Gasteiger partial charge on any atom is -0.545 e. The quantitative estimate of drug-likeness (QED) is 0.538. The van der Waals surface area contributed by atoms with Crippen LogP contribution in [0.4, 0.5) is 0 Å². The summed E-state index contributed by atoms with van der Waals surface area (Å²) in [7, 11) is 0. The zero-order valence-corrected chi connectivity index (χ0v) is 12.7. The number of carboxylic acid groups (broad SMARTS) is 1. The summed E-state index contributed by atoms with van der Waals surface area (Å²) in [5, 5.41) is 18.4. The number of carbonyl (C=O) groups is 1. The number of aromatic carboxylic acids is 1. The first-order valence-corrected chi connectivity index (χ1v) is 4.78. The van der Waals surface area contributed by atoms with Gasteiger partial charge >= 0.3 is 51.4 Å². The molecule has 0 aliphatic rings. The molecule has 2 aromatic heterocycles. The van der Waals surface area contributed by atoms with Gasteiger partial charge in [-0.25, -0.2) is 0 Å². The molecule has 17 heavy (non-hydrogen) atoms. The molecule has 2 aromatic rings. The van der Waals surface area contributed by atoms with E-state index in [1.54, 1.807) is 10.9 Å². The Kier molecular flexibility index (Phi) is 5.41. The monoisotopic (exact) mass is 256 g/mol. The summed E-state index contributed by atoms with van der Waals surface area (Å²) in [5.74, 6) is -1.23. The van der Waals surface area contributed by atoms with E-state index < -0.39 is 5.97 Å². The minimum atomic E-state index is -1.23. The van der Waals surface area contributed by atoms with E-state index >= 15 is 0 Å². The fourth-order valence-electron chi connectivity index (χ4n) is 1.27. The summed E-state index contributed by atoms with van der Waals surface area (Å²) >= 11 is 0. The molecule has 6 nitrogen and oxygen atoms in total. The van der Waals surface area contributed by atoms with Crippen molar-refractivity contribution in [2.24, 2.45) is 0 Å². The average Bonchev–Trinajstić information content (AvgIpc) is 2.77. The number of aromatic nitrogens is 4. The molecule has 0 spiro atoms. The van der Waals surface area contributed by atoms with Gasteiger partial charge in [0.05, 0.1) is 17.9 Å². The molecule has 82 valence electrons. The van der Waals surface area contributed by atoms with E-state index in [9.17, 15) is 9.90 Å². The van der Waals surface area contributed by atoms with Crippen molar-refractivity contribution in [3.63, 3.8) is 0 Å². The van der Waals surface area contributed by atoms with Crippen LogP contribution in [0.25, 0.3) is 11.4 Å². The van der Waals surface area contributed by atoms with Crippen LogP contribution >= 0.6 is 0 Å². The molecule has 0 radical (unpaired) electrons. The van der Waals surface area contributed by atoms with Crippen molar-refractivity contribution in [3.8, 4) is 11.4 Å². The van der Waals surface area contributed by atoms with E-state index in [1.807, 2.05) is 6.92 Å². The molecule has 7 heteroatoms. The molecule has 0 aliphatic carbocycles. The van der Waals surface area contributed by atoms with Crippen molar-refractivity contribution in [2.45, 2.75) is 13.5 Å². The first-order valence-electron chi connectivity index (χ1n) is 4.78. The maximum Gasteiger partial charge on any atom is 1.00 e. The Bertz CT molecular complexity index is 527. The Morgan fingerprint density at radius 1 is 1.47 bits per heavy atom.